The molecule has 1 N–H and O–H groups in total. The van der Waals surface area contributed by atoms with Crippen LogP contribution in [0.4, 0.5) is 0 Å². The Kier molecular flexibility index (Phi) is 5.16. The summed E-state index contributed by atoms with van der Waals surface area (Å²) in [7, 11) is 1.60. The second kappa shape index (κ2) is 7.32. The minimum atomic E-state index is -0.467. The molecule has 1 saturated heterocycles. The summed E-state index contributed by atoms with van der Waals surface area (Å²) >= 11 is 0. The number of rotatable bonds is 6. The topological polar surface area (TPSA) is 67.9 Å². The Morgan fingerprint density at radius 3 is 2.79 bits per heavy atom. The fourth-order valence-electron chi connectivity index (χ4n) is 3.58. The van der Waals surface area contributed by atoms with Crippen LogP contribution in [0.15, 0.2) is 24.3 Å². The van der Waals surface area contributed by atoms with Crippen molar-refractivity contribution in [3.05, 3.63) is 35.4 Å². The number of fused-ring (bicyclic) bond motifs is 1. The highest BCUT2D eigenvalue weighted by Gasteiger charge is 2.45. The number of carbonyl (C=O) groups excluding carboxylic acids is 2. The van der Waals surface area contributed by atoms with E-state index in [-0.39, 0.29) is 11.8 Å². The van der Waals surface area contributed by atoms with Gasteiger partial charge in [0.1, 0.15) is 0 Å². The number of hydrogen-bond acceptors (Lipinski definition) is 4. The number of nitrogens with one attached hydrogen (secondary N) is 1. The lowest BCUT2D eigenvalue weighted by molar-refractivity contribution is -0.126. The largest absolute Gasteiger partial charge is 0.383 e. The molecule has 0 bridgehead atoms. The SMILES string of the molecule is COCCNC(=O)CC1(N2Cc3ccccc3C2=O)CCOCC1. The van der Waals surface area contributed by atoms with Crippen molar-refractivity contribution in [2.24, 2.45) is 0 Å². The molecule has 3 rings (SSSR count). The predicted molar refractivity (Wildman–Crippen MR) is 88.6 cm³/mol. The standard InChI is InChI=1S/C18H24N2O4/c1-23-11-8-19-16(21)12-18(6-9-24-10-7-18)20-13-14-4-2-3-5-15(14)17(20)22/h2-5H,6-13H2,1H3,(H,19,21). The lowest BCUT2D eigenvalue weighted by Crippen LogP contribution is -2.54. The van der Waals surface area contributed by atoms with E-state index in [0.29, 0.717) is 52.2 Å². The first kappa shape index (κ1) is 16.9. The third kappa shape index (κ3) is 3.30. The van der Waals surface area contributed by atoms with Crippen LogP contribution in [0.1, 0.15) is 35.2 Å². The van der Waals surface area contributed by atoms with Gasteiger partial charge in [0.2, 0.25) is 5.91 Å². The van der Waals surface area contributed by atoms with Gasteiger partial charge >= 0.3 is 0 Å². The molecular weight excluding hydrogens is 308 g/mol. The number of methoxy groups -OCH3 is 1. The molecule has 2 aliphatic heterocycles. The molecule has 130 valence electrons. The highest BCUT2D eigenvalue weighted by molar-refractivity contribution is 5.99. The predicted octanol–water partition coefficient (Wildman–Crippen LogP) is 1.34. The van der Waals surface area contributed by atoms with Crippen LogP contribution >= 0.6 is 0 Å². The first-order chi connectivity index (χ1) is 11.7. The molecule has 1 aromatic carbocycles. The Morgan fingerprint density at radius 1 is 1.33 bits per heavy atom. The van der Waals surface area contributed by atoms with E-state index >= 15 is 0 Å². The minimum Gasteiger partial charge on any atom is -0.383 e. The Morgan fingerprint density at radius 2 is 2.08 bits per heavy atom. The maximum Gasteiger partial charge on any atom is 0.254 e. The maximum atomic E-state index is 12.9. The molecule has 0 unspecified atom stereocenters. The third-order valence-corrected chi connectivity index (χ3v) is 4.94. The lowest BCUT2D eigenvalue weighted by atomic mass is 9.84. The molecule has 0 atom stereocenters. The molecule has 2 heterocycles. The summed E-state index contributed by atoms with van der Waals surface area (Å²) in [6, 6.07) is 7.68. The van der Waals surface area contributed by atoms with Gasteiger partial charge in [-0.15, -0.1) is 0 Å². The summed E-state index contributed by atoms with van der Waals surface area (Å²) in [6.07, 6.45) is 1.68. The van der Waals surface area contributed by atoms with Gasteiger partial charge in [0.05, 0.1) is 18.6 Å². The fraction of sp³-hybridized carbons (Fsp3) is 0.556. The molecule has 2 aliphatic rings. The van der Waals surface area contributed by atoms with Gasteiger partial charge in [-0.1, -0.05) is 18.2 Å². The van der Waals surface area contributed by atoms with Crippen molar-refractivity contribution in [2.75, 3.05) is 33.5 Å². The summed E-state index contributed by atoms with van der Waals surface area (Å²) < 4.78 is 10.5. The number of carbonyl (C=O) groups is 2. The van der Waals surface area contributed by atoms with E-state index in [9.17, 15) is 9.59 Å². The minimum absolute atomic E-state index is 0.0252. The monoisotopic (exact) mass is 332 g/mol. The summed E-state index contributed by atoms with van der Waals surface area (Å²) in [6.45, 7) is 2.68. The first-order valence-electron chi connectivity index (χ1n) is 8.39. The van der Waals surface area contributed by atoms with Gasteiger partial charge < -0.3 is 19.7 Å². The first-order valence-corrected chi connectivity index (χ1v) is 8.39. The summed E-state index contributed by atoms with van der Waals surface area (Å²) in [5.41, 5.74) is 1.32. The van der Waals surface area contributed by atoms with Crippen molar-refractivity contribution in [3.63, 3.8) is 0 Å². The second-order valence-corrected chi connectivity index (χ2v) is 6.40. The average molecular weight is 332 g/mol. The van der Waals surface area contributed by atoms with Crippen LogP contribution in [0.2, 0.25) is 0 Å². The quantitative estimate of drug-likeness (QED) is 0.799. The van der Waals surface area contributed by atoms with Gasteiger partial charge in [0, 0.05) is 39.0 Å². The van der Waals surface area contributed by atoms with Gasteiger partial charge in [0.15, 0.2) is 0 Å². The number of amides is 2. The van der Waals surface area contributed by atoms with Gasteiger partial charge in [-0.25, -0.2) is 0 Å². The van der Waals surface area contributed by atoms with Crippen LogP contribution in [0.5, 0.6) is 0 Å². The molecule has 0 radical (unpaired) electrons. The molecule has 0 aliphatic carbocycles. The Balaban J connectivity index is 1.77. The molecule has 6 heteroatoms. The smallest absolute Gasteiger partial charge is 0.254 e. The fourth-order valence-corrected chi connectivity index (χ4v) is 3.58. The lowest BCUT2D eigenvalue weighted by Gasteiger charge is -2.44. The molecule has 1 fully saturated rings. The van der Waals surface area contributed by atoms with Crippen LogP contribution in [0.3, 0.4) is 0 Å². The summed E-state index contributed by atoms with van der Waals surface area (Å²) in [5.74, 6) is -0.0186. The molecule has 2 amide bonds. The zero-order valence-corrected chi connectivity index (χ0v) is 14.0. The van der Waals surface area contributed by atoms with Gasteiger partial charge in [-0.3, -0.25) is 9.59 Å². The normalized spacial score (nSPS) is 19.2. The highest BCUT2D eigenvalue weighted by Crippen LogP contribution is 2.37. The zero-order chi connectivity index (χ0) is 17.0. The van der Waals surface area contributed by atoms with Crippen LogP contribution in [0, 0.1) is 0 Å². The van der Waals surface area contributed by atoms with Crippen molar-refractivity contribution in [2.45, 2.75) is 31.3 Å². The van der Waals surface area contributed by atoms with E-state index < -0.39 is 5.54 Å². The average Bonchev–Trinajstić information content (AvgIpc) is 2.94. The van der Waals surface area contributed by atoms with Crippen molar-refractivity contribution in [1.82, 2.24) is 10.2 Å². The van der Waals surface area contributed by atoms with Crippen LogP contribution in [-0.4, -0.2) is 55.7 Å². The van der Waals surface area contributed by atoms with E-state index in [0.717, 1.165) is 11.1 Å². The Labute approximate surface area is 142 Å². The van der Waals surface area contributed by atoms with Crippen molar-refractivity contribution in [3.8, 4) is 0 Å². The van der Waals surface area contributed by atoms with E-state index in [4.69, 9.17) is 9.47 Å². The van der Waals surface area contributed by atoms with E-state index in [1.165, 1.54) is 0 Å². The third-order valence-electron chi connectivity index (χ3n) is 4.94. The second-order valence-electron chi connectivity index (χ2n) is 6.40. The van der Waals surface area contributed by atoms with Crippen molar-refractivity contribution < 1.29 is 19.1 Å². The Hall–Kier alpha value is -1.92. The van der Waals surface area contributed by atoms with Crippen LogP contribution in [-0.2, 0) is 20.8 Å². The van der Waals surface area contributed by atoms with Gasteiger partial charge in [-0.05, 0) is 24.5 Å². The number of ether oxygens (including phenoxy) is 2. The number of hydrogen-bond donors (Lipinski definition) is 1. The van der Waals surface area contributed by atoms with E-state index in [2.05, 4.69) is 5.32 Å². The zero-order valence-electron chi connectivity index (χ0n) is 14.0. The molecule has 6 nitrogen and oxygen atoms in total. The number of benzene rings is 1. The van der Waals surface area contributed by atoms with Crippen molar-refractivity contribution in [1.29, 1.82) is 0 Å². The molecule has 24 heavy (non-hydrogen) atoms. The molecule has 0 spiro atoms. The molecule has 0 aromatic heterocycles. The van der Waals surface area contributed by atoms with Crippen LogP contribution < -0.4 is 5.32 Å². The summed E-state index contributed by atoms with van der Waals surface area (Å²) in [5, 5.41) is 2.87. The van der Waals surface area contributed by atoms with Crippen molar-refractivity contribution >= 4 is 11.8 Å². The van der Waals surface area contributed by atoms with E-state index in [1.807, 2.05) is 29.2 Å². The molecule has 1 aromatic rings. The highest BCUT2D eigenvalue weighted by atomic mass is 16.5. The maximum absolute atomic E-state index is 12.9. The van der Waals surface area contributed by atoms with Gasteiger partial charge in [0.25, 0.3) is 5.91 Å². The van der Waals surface area contributed by atoms with Crippen LogP contribution in [0.25, 0.3) is 0 Å². The summed E-state index contributed by atoms with van der Waals surface area (Å²) in [4.78, 5) is 27.1. The number of nitrogens with zero attached hydrogens (tertiary/aromatic N) is 1. The Bertz CT molecular complexity index is 611. The van der Waals surface area contributed by atoms with E-state index in [1.54, 1.807) is 7.11 Å². The molecular formula is C18H24N2O4. The van der Waals surface area contributed by atoms with Gasteiger partial charge in [-0.2, -0.15) is 0 Å². The molecule has 0 saturated carbocycles.